The molecule has 0 aliphatic heterocycles. The van der Waals surface area contributed by atoms with Crippen molar-refractivity contribution < 1.29 is 22.3 Å². The molecule has 0 saturated carbocycles. The normalized spacial score (nSPS) is 11.4. The van der Waals surface area contributed by atoms with Gasteiger partial charge in [0.1, 0.15) is 18.2 Å². The molecule has 0 bridgehead atoms. The molecule has 2 rings (SSSR count). The third kappa shape index (κ3) is 3.69. The summed E-state index contributed by atoms with van der Waals surface area (Å²) in [5.41, 5.74) is -0.801. The second-order valence-corrected chi connectivity index (χ2v) is 4.81. The van der Waals surface area contributed by atoms with E-state index in [0.29, 0.717) is 11.8 Å². The molecule has 0 amide bonds. The highest BCUT2D eigenvalue weighted by Gasteiger charge is 2.34. The van der Waals surface area contributed by atoms with Crippen molar-refractivity contribution in [1.29, 1.82) is 0 Å². The maximum Gasteiger partial charge on any atom is 0.419 e. The smallest absolute Gasteiger partial charge is 0.419 e. The van der Waals surface area contributed by atoms with Crippen LogP contribution in [0.15, 0.2) is 41.0 Å². The molecule has 106 valence electrons. The number of alkyl halides is 3. The number of hydrogen-bond donors (Lipinski definition) is 0. The molecule has 0 spiro atoms. The maximum atomic E-state index is 13.1. The first-order valence-electron chi connectivity index (χ1n) is 5.46. The van der Waals surface area contributed by atoms with Gasteiger partial charge in [-0.3, -0.25) is 4.98 Å². The minimum absolute atomic E-state index is 0.00376. The Morgan fingerprint density at radius 3 is 2.50 bits per heavy atom. The third-order valence-electron chi connectivity index (χ3n) is 2.42. The fourth-order valence-corrected chi connectivity index (χ4v) is 1.70. The van der Waals surface area contributed by atoms with Gasteiger partial charge in [0.25, 0.3) is 0 Å². The zero-order chi connectivity index (χ0) is 14.8. The van der Waals surface area contributed by atoms with Crippen LogP contribution in [0, 0.1) is 5.82 Å². The lowest BCUT2D eigenvalue weighted by molar-refractivity contribution is -0.140. The summed E-state index contributed by atoms with van der Waals surface area (Å²) in [5.74, 6) is -1.39. The fourth-order valence-electron chi connectivity index (χ4n) is 1.46. The van der Waals surface area contributed by atoms with Gasteiger partial charge in [0.2, 0.25) is 0 Å². The summed E-state index contributed by atoms with van der Waals surface area (Å²) in [6, 6.07) is 5.90. The van der Waals surface area contributed by atoms with Gasteiger partial charge in [-0.2, -0.15) is 13.2 Å². The van der Waals surface area contributed by atoms with Gasteiger partial charge in [0.05, 0.1) is 11.3 Å². The zero-order valence-electron chi connectivity index (χ0n) is 9.92. The third-order valence-corrected chi connectivity index (χ3v) is 2.89. The molecule has 0 N–H and O–H groups in total. The Bertz CT molecular complexity index is 598. The number of rotatable bonds is 3. The van der Waals surface area contributed by atoms with Gasteiger partial charge in [0.15, 0.2) is 0 Å². The lowest BCUT2D eigenvalue weighted by Crippen LogP contribution is -2.08. The summed E-state index contributed by atoms with van der Waals surface area (Å²) >= 11 is 3.21. The van der Waals surface area contributed by atoms with E-state index < -0.39 is 17.6 Å². The number of hydrogen-bond acceptors (Lipinski definition) is 2. The number of halogens is 5. The molecule has 0 unspecified atom stereocenters. The molecule has 0 aliphatic carbocycles. The first-order valence-corrected chi connectivity index (χ1v) is 6.25. The first kappa shape index (κ1) is 14.8. The quantitative estimate of drug-likeness (QED) is 0.756. The van der Waals surface area contributed by atoms with Gasteiger partial charge in [-0.05, 0) is 46.3 Å². The van der Waals surface area contributed by atoms with Crippen LogP contribution >= 0.6 is 15.9 Å². The minimum Gasteiger partial charge on any atom is -0.487 e. The molecule has 0 fully saturated rings. The van der Waals surface area contributed by atoms with Crippen LogP contribution in [0.5, 0.6) is 5.75 Å². The van der Waals surface area contributed by atoms with Gasteiger partial charge >= 0.3 is 6.18 Å². The van der Waals surface area contributed by atoms with Crippen molar-refractivity contribution in [3.8, 4) is 5.75 Å². The summed E-state index contributed by atoms with van der Waals surface area (Å²) in [7, 11) is 0. The summed E-state index contributed by atoms with van der Waals surface area (Å²) in [6.45, 7) is -0.00376. The van der Waals surface area contributed by atoms with E-state index in [2.05, 4.69) is 20.9 Å². The van der Waals surface area contributed by atoms with Gasteiger partial charge in [-0.15, -0.1) is 0 Å². The molecule has 1 aromatic carbocycles. The Morgan fingerprint density at radius 1 is 1.15 bits per heavy atom. The number of benzene rings is 1. The van der Waals surface area contributed by atoms with Crippen LogP contribution in [0.25, 0.3) is 0 Å². The predicted molar refractivity (Wildman–Crippen MR) is 67.7 cm³/mol. The molecule has 20 heavy (non-hydrogen) atoms. The van der Waals surface area contributed by atoms with Crippen LogP contribution in [0.2, 0.25) is 0 Å². The number of ether oxygens (including phenoxy) is 1. The SMILES string of the molecule is Fc1ccc(OCc2ccc(Br)cn2)cc1C(F)(F)F. The number of nitrogens with zero attached hydrogens (tertiary/aromatic N) is 1. The Hall–Kier alpha value is -1.63. The van der Waals surface area contributed by atoms with E-state index in [1.165, 1.54) is 0 Å². The first-order chi connectivity index (χ1) is 9.36. The molecule has 2 aromatic rings. The van der Waals surface area contributed by atoms with Crippen molar-refractivity contribution in [2.45, 2.75) is 12.8 Å². The van der Waals surface area contributed by atoms with E-state index in [4.69, 9.17) is 4.74 Å². The minimum atomic E-state index is -4.75. The Morgan fingerprint density at radius 2 is 1.90 bits per heavy atom. The van der Waals surface area contributed by atoms with E-state index in [9.17, 15) is 17.6 Å². The average Bonchev–Trinajstić information content (AvgIpc) is 2.38. The molecule has 0 saturated heterocycles. The highest BCUT2D eigenvalue weighted by Crippen LogP contribution is 2.33. The molecule has 0 atom stereocenters. The Labute approximate surface area is 120 Å². The standard InChI is InChI=1S/C13H8BrF4NO/c14-8-1-2-9(19-6-8)7-20-10-3-4-12(15)11(5-10)13(16,17)18/h1-6H,7H2. The van der Waals surface area contributed by atoms with Crippen LogP contribution in [0.3, 0.4) is 0 Å². The maximum absolute atomic E-state index is 13.1. The second-order valence-electron chi connectivity index (χ2n) is 3.90. The molecule has 2 nitrogen and oxygen atoms in total. The van der Waals surface area contributed by atoms with E-state index >= 15 is 0 Å². The monoisotopic (exact) mass is 349 g/mol. The number of pyridine rings is 1. The molecule has 0 radical (unpaired) electrons. The largest absolute Gasteiger partial charge is 0.487 e. The summed E-state index contributed by atoms with van der Waals surface area (Å²) in [4.78, 5) is 4.01. The summed E-state index contributed by atoms with van der Waals surface area (Å²) in [5, 5.41) is 0. The second kappa shape index (κ2) is 5.78. The van der Waals surface area contributed by atoms with Gasteiger partial charge in [-0.25, -0.2) is 4.39 Å². The number of aromatic nitrogens is 1. The molecule has 1 aromatic heterocycles. The molecule has 1 heterocycles. The van der Waals surface area contributed by atoms with Crippen LogP contribution in [0.4, 0.5) is 17.6 Å². The van der Waals surface area contributed by atoms with Crippen molar-refractivity contribution >= 4 is 15.9 Å². The average molecular weight is 350 g/mol. The van der Waals surface area contributed by atoms with Crippen molar-refractivity contribution in [3.05, 3.63) is 58.1 Å². The fraction of sp³-hybridized carbons (Fsp3) is 0.154. The summed E-state index contributed by atoms with van der Waals surface area (Å²) < 4.78 is 56.6. The molecule has 0 aliphatic rings. The topological polar surface area (TPSA) is 22.1 Å². The Balaban J connectivity index is 2.12. The highest BCUT2D eigenvalue weighted by molar-refractivity contribution is 9.10. The van der Waals surface area contributed by atoms with Crippen molar-refractivity contribution in [1.82, 2.24) is 4.98 Å². The molecular weight excluding hydrogens is 342 g/mol. The zero-order valence-corrected chi connectivity index (χ0v) is 11.5. The van der Waals surface area contributed by atoms with Gasteiger partial charge in [0, 0.05) is 10.7 Å². The summed E-state index contributed by atoms with van der Waals surface area (Å²) in [6.07, 6.45) is -3.20. The van der Waals surface area contributed by atoms with Crippen molar-refractivity contribution in [3.63, 3.8) is 0 Å². The van der Waals surface area contributed by atoms with Crippen molar-refractivity contribution in [2.24, 2.45) is 0 Å². The van der Waals surface area contributed by atoms with E-state index in [1.54, 1.807) is 18.3 Å². The van der Waals surface area contributed by atoms with Crippen LogP contribution in [-0.4, -0.2) is 4.98 Å². The molecular formula is C13H8BrF4NO. The van der Waals surface area contributed by atoms with E-state index in [0.717, 1.165) is 16.6 Å². The predicted octanol–water partition coefficient (Wildman–Crippen LogP) is 4.58. The lowest BCUT2D eigenvalue weighted by atomic mass is 10.2. The molecule has 7 heteroatoms. The van der Waals surface area contributed by atoms with Gasteiger partial charge < -0.3 is 4.74 Å². The van der Waals surface area contributed by atoms with Crippen molar-refractivity contribution in [2.75, 3.05) is 0 Å². The Kier molecular flexibility index (Phi) is 4.27. The van der Waals surface area contributed by atoms with Crippen LogP contribution < -0.4 is 4.74 Å². The van der Waals surface area contributed by atoms with Gasteiger partial charge in [-0.1, -0.05) is 0 Å². The highest BCUT2D eigenvalue weighted by atomic mass is 79.9. The van der Waals surface area contributed by atoms with E-state index in [1.807, 2.05) is 0 Å². The van der Waals surface area contributed by atoms with Crippen LogP contribution in [-0.2, 0) is 12.8 Å². The lowest BCUT2D eigenvalue weighted by Gasteiger charge is -2.11. The van der Waals surface area contributed by atoms with E-state index in [-0.39, 0.29) is 12.4 Å². The van der Waals surface area contributed by atoms with Crippen LogP contribution in [0.1, 0.15) is 11.3 Å².